The molecule has 9 heteroatoms. The fourth-order valence-corrected chi connectivity index (χ4v) is 1.54. The third kappa shape index (κ3) is 6.37. The molecule has 1 rings (SSSR count). The number of benzene rings is 1. The number of nitrogens with one attached hydrogen (secondary N) is 1. The number of carboxylic acids is 1. The second-order valence-corrected chi connectivity index (χ2v) is 4.16. The molecule has 1 aromatic carbocycles. The molecular weight excluding hydrogens is 312 g/mol. The first-order chi connectivity index (χ1) is 9.90. The van der Waals surface area contributed by atoms with Gasteiger partial charge in [0.2, 0.25) is 0 Å². The normalized spacial score (nSPS) is 10.5. The summed E-state index contributed by atoms with van der Waals surface area (Å²) in [6, 6.07) is 3.66. The molecule has 0 saturated heterocycles. The lowest BCUT2D eigenvalue weighted by molar-refractivity contribution is -0.142. The van der Waals surface area contributed by atoms with Crippen molar-refractivity contribution in [3.63, 3.8) is 0 Å². The van der Waals surface area contributed by atoms with Gasteiger partial charge in [-0.25, -0.2) is 4.79 Å². The predicted octanol–water partition coefficient (Wildman–Crippen LogP) is 1.77. The van der Waals surface area contributed by atoms with E-state index >= 15 is 0 Å². The van der Waals surface area contributed by atoms with Crippen LogP contribution in [-0.2, 0) is 9.53 Å². The Bertz CT molecular complexity index is 512. The summed E-state index contributed by atoms with van der Waals surface area (Å²) in [6.07, 6.45) is 0. The van der Waals surface area contributed by atoms with Crippen LogP contribution in [0.15, 0.2) is 18.2 Å². The maximum absolute atomic E-state index is 12.2. The first kappa shape index (κ1) is 17.1. The van der Waals surface area contributed by atoms with Gasteiger partial charge in [-0.2, -0.15) is 8.78 Å². The van der Waals surface area contributed by atoms with Crippen molar-refractivity contribution in [1.29, 1.82) is 0 Å². The van der Waals surface area contributed by atoms with Crippen molar-refractivity contribution in [2.45, 2.75) is 6.61 Å². The molecule has 21 heavy (non-hydrogen) atoms. The van der Waals surface area contributed by atoms with Gasteiger partial charge in [0.15, 0.2) is 0 Å². The van der Waals surface area contributed by atoms with Crippen molar-refractivity contribution < 1.29 is 33.0 Å². The molecule has 0 fully saturated rings. The zero-order valence-corrected chi connectivity index (χ0v) is 11.4. The summed E-state index contributed by atoms with van der Waals surface area (Å²) in [5.41, 5.74) is -0.152. The molecule has 0 radical (unpaired) electrons. The van der Waals surface area contributed by atoms with E-state index < -0.39 is 25.1 Å². The fraction of sp³-hybridized carbons (Fsp3) is 0.333. The Morgan fingerprint density at radius 3 is 2.71 bits per heavy atom. The molecule has 0 aliphatic heterocycles. The van der Waals surface area contributed by atoms with E-state index in [0.29, 0.717) is 0 Å². The molecule has 0 unspecified atom stereocenters. The van der Waals surface area contributed by atoms with E-state index in [1.807, 2.05) is 0 Å². The predicted molar refractivity (Wildman–Crippen MR) is 68.9 cm³/mol. The number of aliphatic carboxylic acids is 1. The van der Waals surface area contributed by atoms with E-state index in [9.17, 15) is 18.4 Å². The number of carbonyl (C=O) groups excluding carboxylic acids is 1. The topological polar surface area (TPSA) is 84.9 Å². The molecule has 6 nitrogen and oxygen atoms in total. The van der Waals surface area contributed by atoms with Crippen molar-refractivity contribution in [3.8, 4) is 5.75 Å². The minimum absolute atomic E-state index is 0.00669. The summed E-state index contributed by atoms with van der Waals surface area (Å²) >= 11 is 5.70. The molecule has 0 spiro atoms. The van der Waals surface area contributed by atoms with Crippen LogP contribution in [0, 0.1) is 0 Å². The molecular formula is C12H12ClF2NO5. The Morgan fingerprint density at radius 2 is 2.10 bits per heavy atom. The van der Waals surface area contributed by atoms with Gasteiger partial charge in [0, 0.05) is 11.6 Å². The average molecular weight is 324 g/mol. The molecule has 0 bridgehead atoms. The summed E-state index contributed by atoms with van der Waals surface area (Å²) in [5.74, 6) is -2.13. The number of ether oxygens (including phenoxy) is 2. The van der Waals surface area contributed by atoms with Crippen LogP contribution in [0.2, 0.25) is 5.02 Å². The molecule has 0 aromatic heterocycles. The highest BCUT2D eigenvalue weighted by atomic mass is 35.5. The Balaban J connectivity index is 2.60. The summed E-state index contributed by atoms with van der Waals surface area (Å²) in [7, 11) is 0. The standard InChI is InChI=1S/C12H12ClF2NO5/c13-7-1-2-9(21-12(14)15)8(5-7)11(19)16-3-4-20-6-10(17)18/h1-2,5,12H,3-4,6H2,(H,16,19)(H,17,18). The molecule has 0 aliphatic carbocycles. The van der Waals surface area contributed by atoms with E-state index in [2.05, 4.69) is 10.1 Å². The summed E-state index contributed by atoms with van der Waals surface area (Å²) < 4.78 is 33.4. The third-order valence-corrected chi connectivity index (χ3v) is 2.39. The van der Waals surface area contributed by atoms with Crippen molar-refractivity contribution in [1.82, 2.24) is 5.32 Å². The second kappa shape index (κ2) is 8.38. The van der Waals surface area contributed by atoms with Crippen molar-refractivity contribution in [2.24, 2.45) is 0 Å². The number of alkyl halides is 2. The van der Waals surface area contributed by atoms with Crippen molar-refractivity contribution in [3.05, 3.63) is 28.8 Å². The van der Waals surface area contributed by atoms with E-state index in [0.717, 1.165) is 6.07 Å². The van der Waals surface area contributed by atoms with Gasteiger partial charge in [-0.1, -0.05) is 11.6 Å². The fourth-order valence-electron chi connectivity index (χ4n) is 1.37. The van der Waals surface area contributed by atoms with Gasteiger partial charge in [-0.3, -0.25) is 4.79 Å². The zero-order chi connectivity index (χ0) is 15.8. The van der Waals surface area contributed by atoms with Gasteiger partial charge in [0.25, 0.3) is 5.91 Å². The van der Waals surface area contributed by atoms with Gasteiger partial charge in [0.05, 0.1) is 12.2 Å². The number of carbonyl (C=O) groups is 2. The van der Waals surface area contributed by atoms with E-state index in [1.54, 1.807) is 0 Å². The highest BCUT2D eigenvalue weighted by Crippen LogP contribution is 2.24. The zero-order valence-electron chi connectivity index (χ0n) is 10.6. The van der Waals surface area contributed by atoms with Gasteiger partial charge in [-0.15, -0.1) is 0 Å². The molecule has 0 saturated carbocycles. The van der Waals surface area contributed by atoms with Gasteiger partial charge in [-0.05, 0) is 18.2 Å². The minimum atomic E-state index is -3.07. The Hall–Kier alpha value is -1.93. The Morgan fingerprint density at radius 1 is 1.38 bits per heavy atom. The molecule has 1 amide bonds. The summed E-state index contributed by atoms with van der Waals surface area (Å²) in [6.45, 7) is -3.60. The number of hydrogen-bond donors (Lipinski definition) is 2. The first-order valence-electron chi connectivity index (χ1n) is 5.72. The summed E-state index contributed by atoms with van der Waals surface area (Å²) in [4.78, 5) is 22.0. The SMILES string of the molecule is O=C(O)COCCNC(=O)c1cc(Cl)ccc1OC(F)F. The van der Waals surface area contributed by atoms with Crippen LogP contribution in [-0.4, -0.2) is 43.4 Å². The Labute approximate surface area is 123 Å². The maximum atomic E-state index is 12.2. The van der Waals surface area contributed by atoms with Crippen LogP contribution in [0.3, 0.4) is 0 Å². The lowest BCUT2D eigenvalue weighted by atomic mass is 10.2. The van der Waals surface area contributed by atoms with E-state index in [4.69, 9.17) is 21.4 Å². The largest absolute Gasteiger partial charge is 0.480 e. The Kier molecular flexibility index (Phi) is 6.83. The number of rotatable bonds is 8. The van der Waals surface area contributed by atoms with Crippen molar-refractivity contribution >= 4 is 23.5 Å². The third-order valence-electron chi connectivity index (χ3n) is 2.16. The maximum Gasteiger partial charge on any atom is 0.387 e. The first-order valence-corrected chi connectivity index (χ1v) is 6.10. The molecule has 0 heterocycles. The van der Waals surface area contributed by atoms with E-state index in [-0.39, 0.29) is 29.5 Å². The second-order valence-electron chi connectivity index (χ2n) is 3.72. The lowest BCUT2D eigenvalue weighted by Gasteiger charge is -2.11. The number of amides is 1. The average Bonchev–Trinajstić information content (AvgIpc) is 2.39. The van der Waals surface area contributed by atoms with Crippen LogP contribution >= 0.6 is 11.6 Å². The van der Waals surface area contributed by atoms with Crippen LogP contribution in [0.5, 0.6) is 5.75 Å². The molecule has 0 atom stereocenters. The molecule has 0 aliphatic rings. The summed E-state index contributed by atoms with van der Waals surface area (Å²) in [5, 5.41) is 10.9. The van der Waals surface area contributed by atoms with Crippen LogP contribution in [0.1, 0.15) is 10.4 Å². The number of carboxylic acid groups (broad SMARTS) is 1. The smallest absolute Gasteiger partial charge is 0.387 e. The molecule has 116 valence electrons. The highest BCUT2D eigenvalue weighted by molar-refractivity contribution is 6.31. The highest BCUT2D eigenvalue weighted by Gasteiger charge is 2.16. The molecule has 1 aromatic rings. The van der Waals surface area contributed by atoms with Crippen LogP contribution in [0.4, 0.5) is 8.78 Å². The minimum Gasteiger partial charge on any atom is -0.480 e. The number of hydrogen-bond acceptors (Lipinski definition) is 4. The van der Waals surface area contributed by atoms with Gasteiger partial charge >= 0.3 is 12.6 Å². The van der Waals surface area contributed by atoms with Crippen molar-refractivity contribution in [2.75, 3.05) is 19.8 Å². The quantitative estimate of drug-likeness (QED) is 0.712. The van der Waals surface area contributed by atoms with Crippen LogP contribution < -0.4 is 10.1 Å². The lowest BCUT2D eigenvalue weighted by Crippen LogP contribution is -2.28. The van der Waals surface area contributed by atoms with Gasteiger partial charge in [0.1, 0.15) is 12.4 Å². The van der Waals surface area contributed by atoms with Crippen LogP contribution in [0.25, 0.3) is 0 Å². The van der Waals surface area contributed by atoms with Gasteiger partial charge < -0.3 is 19.9 Å². The monoisotopic (exact) mass is 323 g/mol. The van der Waals surface area contributed by atoms with E-state index in [1.165, 1.54) is 12.1 Å². The molecule has 2 N–H and O–H groups in total. The number of halogens is 3.